The number of phosphoric ester groups is 1. The molecular formula is C12H14Cl3O4P. The Hall–Kier alpha value is -0.220. The first kappa shape index (κ1) is 17.8. The first-order chi connectivity index (χ1) is 9.45. The molecule has 20 heavy (non-hydrogen) atoms. The summed E-state index contributed by atoms with van der Waals surface area (Å²) >= 11 is 17.5. The third-order valence-electron chi connectivity index (χ3n) is 2.09. The van der Waals surface area contributed by atoms with Gasteiger partial charge in [-0.15, -0.1) is 0 Å². The minimum absolute atomic E-state index is 0.121. The lowest BCUT2D eigenvalue weighted by molar-refractivity contribution is 0.159. The van der Waals surface area contributed by atoms with E-state index in [-0.39, 0.29) is 19.0 Å². The summed E-state index contributed by atoms with van der Waals surface area (Å²) < 4.78 is 27.6. The van der Waals surface area contributed by atoms with Crippen LogP contribution < -0.4 is 0 Å². The van der Waals surface area contributed by atoms with Crippen molar-refractivity contribution in [3.8, 4) is 0 Å². The smallest absolute Gasteiger partial charge is 0.402 e. The maximum absolute atomic E-state index is 12.3. The van der Waals surface area contributed by atoms with Gasteiger partial charge in [-0.2, -0.15) is 0 Å². The second kappa shape index (κ2) is 8.28. The highest BCUT2D eigenvalue weighted by Crippen LogP contribution is 2.53. The summed E-state index contributed by atoms with van der Waals surface area (Å²) in [6.07, 6.45) is 0. The van der Waals surface area contributed by atoms with Gasteiger partial charge in [0, 0.05) is 11.1 Å². The van der Waals surface area contributed by atoms with Gasteiger partial charge in [0.05, 0.1) is 23.3 Å². The van der Waals surface area contributed by atoms with E-state index in [2.05, 4.69) is 0 Å². The van der Waals surface area contributed by atoms with Gasteiger partial charge in [0.25, 0.3) is 0 Å². The summed E-state index contributed by atoms with van der Waals surface area (Å²) in [5, 5.41) is 0.716. The van der Waals surface area contributed by atoms with Gasteiger partial charge in [0.15, 0.2) is 0 Å². The van der Waals surface area contributed by atoms with Crippen LogP contribution >= 0.6 is 42.6 Å². The van der Waals surface area contributed by atoms with Crippen molar-refractivity contribution in [3.63, 3.8) is 0 Å². The monoisotopic (exact) mass is 358 g/mol. The highest BCUT2D eigenvalue weighted by atomic mass is 35.5. The molecule has 1 aromatic carbocycles. The topological polar surface area (TPSA) is 44.8 Å². The van der Waals surface area contributed by atoms with Gasteiger partial charge in [-0.05, 0) is 32.0 Å². The Balaban J connectivity index is 3.01. The maximum Gasteiger partial charge on any atom is 0.530 e. The Morgan fingerprint density at radius 1 is 1.20 bits per heavy atom. The molecule has 0 fully saturated rings. The van der Waals surface area contributed by atoms with Crippen LogP contribution in [0.4, 0.5) is 0 Å². The molecule has 0 saturated heterocycles. The molecular weight excluding hydrogens is 345 g/mol. The molecule has 1 aromatic rings. The van der Waals surface area contributed by atoms with E-state index in [4.69, 9.17) is 48.4 Å². The summed E-state index contributed by atoms with van der Waals surface area (Å²) in [6.45, 7) is 3.71. The number of halogens is 3. The van der Waals surface area contributed by atoms with Crippen LogP contribution in [0.25, 0.3) is 5.76 Å². The molecule has 0 atom stereocenters. The van der Waals surface area contributed by atoms with Gasteiger partial charge in [-0.3, -0.25) is 9.05 Å². The molecule has 0 radical (unpaired) electrons. The van der Waals surface area contributed by atoms with E-state index in [0.29, 0.717) is 15.6 Å². The molecule has 0 bridgehead atoms. The Morgan fingerprint density at radius 3 is 2.25 bits per heavy atom. The van der Waals surface area contributed by atoms with Crippen molar-refractivity contribution in [2.24, 2.45) is 0 Å². The number of hydrogen-bond donors (Lipinski definition) is 0. The molecule has 4 nitrogen and oxygen atoms in total. The van der Waals surface area contributed by atoms with Crippen molar-refractivity contribution in [2.75, 3.05) is 13.2 Å². The Kier molecular flexibility index (Phi) is 7.38. The van der Waals surface area contributed by atoms with Gasteiger partial charge in [0.1, 0.15) is 5.76 Å². The summed E-state index contributed by atoms with van der Waals surface area (Å²) in [4.78, 5) is 0. The van der Waals surface area contributed by atoms with Gasteiger partial charge in [-0.1, -0.05) is 34.8 Å². The van der Waals surface area contributed by atoms with Gasteiger partial charge < -0.3 is 4.52 Å². The summed E-state index contributed by atoms with van der Waals surface area (Å²) in [5.41, 5.74) is 1.64. The van der Waals surface area contributed by atoms with E-state index in [1.807, 2.05) is 0 Å². The molecule has 0 aromatic heterocycles. The highest BCUT2D eigenvalue weighted by Gasteiger charge is 2.28. The quantitative estimate of drug-likeness (QED) is 0.461. The molecule has 0 amide bonds. The zero-order valence-electron chi connectivity index (χ0n) is 10.9. The average Bonchev–Trinajstić information content (AvgIpc) is 2.40. The second-order valence-corrected chi connectivity index (χ2v) is 6.10. The first-order valence-corrected chi connectivity index (χ1v) is 8.45. The molecule has 0 aliphatic carbocycles. The fraction of sp³-hybridized carbons (Fsp3) is 0.333. The largest absolute Gasteiger partial charge is 0.530 e. The summed E-state index contributed by atoms with van der Waals surface area (Å²) in [6, 6.07) is 4.75. The predicted octanol–water partition coefficient (Wildman–Crippen LogP) is 5.73. The molecule has 0 heterocycles. The van der Waals surface area contributed by atoms with E-state index in [0.717, 1.165) is 5.54 Å². The van der Waals surface area contributed by atoms with Crippen molar-refractivity contribution in [1.29, 1.82) is 0 Å². The van der Waals surface area contributed by atoms with E-state index in [9.17, 15) is 4.57 Å². The standard InChI is InChI=1S/C12H14Cl3O4P/c1-3-17-20(16,18-4-2)19-12(8-13)9-5-6-10(14)11(15)7-9/h5-8H,3-4H2,1-2H3/b12-8+. The van der Waals surface area contributed by atoms with E-state index in [1.165, 1.54) is 0 Å². The van der Waals surface area contributed by atoms with E-state index < -0.39 is 7.82 Å². The van der Waals surface area contributed by atoms with Crippen molar-refractivity contribution >= 4 is 48.4 Å². The van der Waals surface area contributed by atoms with Crippen LogP contribution in [0.15, 0.2) is 23.7 Å². The number of rotatable bonds is 7. The maximum atomic E-state index is 12.3. The zero-order chi connectivity index (χ0) is 15.2. The highest BCUT2D eigenvalue weighted by molar-refractivity contribution is 7.48. The van der Waals surface area contributed by atoms with Gasteiger partial charge in [0.2, 0.25) is 0 Å². The molecule has 0 N–H and O–H groups in total. The minimum atomic E-state index is -3.71. The van der Waals surface area contributed by atoms with Crippen LogP contribution in [0.1, 0.15) is 19.4 Å². The molecule has 1 rings (SSSR count). The number of hydrogen-bond acceptors (Lipinski definition) is 4. The third kappa shape index (κ3) is 4.96. The van der Waals surface area contributed by atoms with Crippen LogP contribution in [-0.2, 0) is 18.1 Å². The van der Waals surface area contributed by atoms with Gasteiger partial charge in [-0.25, -0.2) is 4.57 Å². The van der Waals surface area contributed by atoms with Gasteiger partial charge >= 0.3 is 7.82 Å². The Labute approximate surface area is 133 Å². The Morgan fingerprint density at radius 2 is 1.80 bits per heavy atom. The molecule has 0 spiro atoms. The molecule has 0 aliphatic rings. The normalized spacial score (nSPS) is 12.6. The number of benzene rings is 1. The molecule has 0 unspecified atom stereocenters. The van der Waals surface area contributed by atoms with Crippen molar-refractivity contribution < 1.29 is 18.1 Å². The van der Waals surface area contributed by atoms with Crippen molar-refractivity contribution in [3.05, 3.63) is 39.3 Å². The summed E-state index contributed by atoms with van der Waals surface area (Å²) in [7, 11) is -3.71. The average molecular weight is 360 g/mol. The van der Waals surface area contributed by atoms with Crippen LogP contribution in [0.3, 0.4) is 0 Å². The Bertz CT molecular complexity index is 523. The van der Waals surface area contributed by atoms with Crippen LogP contribution in [0, 0.1) is 0 Å². The van der Waals surface area contributed by atoms with E-state index in [1.54, 1.807) is 32.0 Å². The molecule has 0 saturated carbocycles. The molecule has 0 aliphatic heterocycles. The lowest BCUT2D eigenvalue weighted by Crippen LogP contribution is -2.00. The van der Waals surface area contributed by atoms with Crippen LogP contribution in [-0.4, -0.2) is 13.2 Å². The van der Waals surface area contributed by atoms with Crippen LogP contribution in [0.5, 0.6) is 0 Å². The first-order valence-electron chi connectivity index (χ1n) is 5.80. The zero-order valence-corrected chi connectivity index (χ0v) is 14.1. The lowest BCUT2D eigenvalue weighted by atomic mass is 10.2. The minimum Gasteiger partial charge on any atom is -0.402 e. The fourth-order valence-electron chi connectivity index (χ4n) is 1.31. The summed E-state index contributed by atoms with van der Waals surface area (Å²) in [5.74, 6) is 0.121. The second-order valence-electron chi connectivity index (χ2n) is 3.48. The molecule has 112 valence electrons. The predicted molar refractivity (Wildman–Crippen MR) is 82.2 cm³/mol. The van der Waals surface area contributed by atoms with E-state index >= 15 is 0 Å². The lowest BCUT2D eigenvalue weighted by Gasteiger charge is -2.18. The fourth-order valence-corrected chi connectivity index (χ4v) is 3.05. The van der Waals surface area contributed by atoms with Crippen LogP contribution in [0.2, 0.25) is 10.0 Å². The SMILES string of the molecule is CCOP(=O)(OCC)O/C(=C/Cl)c1ccc(Cl)c(Cl)c1. The third-order valence-corrected chi connectivity index (χ3v) is 4.59. The molecule has 8 heteroatoms. The van der Waals surface area contributed by atoms with Crippen molar-refractivity contribution in [2.45, 2.75) is 13.8 Å². The number of phosphoric acid groups is 1. The van der Waals surface area contributed by atoms with Crippen molar-refractivity contribution in [1.82, 2.24) is 0 Å².